The van der Waals surface area contributed by atoms with Crippen LogP contribution in [0.2, 0.25) is 0 Å². The average molecular weight is 289 g/mol. The van der Waals surface area contributed by atoms with Crippen molar-refractivity contribution in [3.63, 3.8) is 0 Å². The van der Waals surface area contributed by atoms with E-state index in [0.29, 0.717) is 5.92 Å². The van der Waals surface area contributed by atoms with Gasteiger partial charge in [-0.15, -0.1) is 10.2 Å². The van der Waals surface area contributed by atoms with Crippen molar-refractivity contribution in [1.82, 2.24) is 15.5 Å². The molecule has 1 aromatic heterocycles. The number of hydrogen-bond donors (Lipinski definition) is 1. The van der Waals surface area contributed by atoms with Crippen molar-refractivity contribution >= 4 is 11.3 Å². The van der Waals surface area contributed by atoms with Crippen LogP contribution in [0, 0.1) is 5.92 Å². The van der Waals surface area contributed by atoms with Gasteiger partial charge in [-0.1, -0.05) is 48.6 Å². The summed E-state index contributed by atoms with van der Waals surface area (Å²) in [7, 11) is 1.95. The standard InChI is InChI=1S/C15H19N3OS/c1-10-8-9-19-13(10)15-18-17-14(20-15)12(16-2)11-6-4-3-5-7-11/h3-7,10,12-13,16H,8-9H2,1-2H3. The van der Waals surface area contributed by atoms with Crippen molar-refractivity contribution in [1.29, 1.82) is 0 Å². The summed E-state index contributed by atoms with van der Waals surface area (Å²) in [6.07, 6.45) is 1.22. The Balaban J connectivity index is 1.85. The van der Waals surface area contributed by atoms with Gasteiger partial charge in [-0.3, -0.25) is 0 Å². The highest BCUT2D eigenvalue weighted by Crippen LogP contribution is 2.37. The van der Waals surface area contributed by atoms with E-state index in [2.05, 4.69) is 34.6 Å². The highest BCUT2D eigenvalue weighted by atomic mass is 32.1. The summed E-state index contributed by atoms with van der Waals surface area (Å²) in [5, 5.41) is 14.0. The van der Waals surface area contributed by atoms with Crippen molar-refractivity contribution in [2.24, 2.45) is 5.92 Å². The Labute approximate surface area is 123 Å². The third-order valence-corrected chi connectivity index (χ3v) is 4.81. The van der Waals surface area contributed by atoms with Crippen molar-refractivity contribution in [3.05, 3.63) is 45.9 Å². The smallest absolute Gasteiger partial charge is 0.146 e. The van der Waals surface area contributed by atoms with E-state index >= 15 is 0 Å². The predicted molar refractivity (Wildman–Crippen MR) is 79.7 cm³/mol. The van der Waals surface area contributed by atoms with E-state index in [4.69, 9.17) is 4.74 Å². The summed E-state index contributed by atoms with van der Waals surface area (Å²) in [6, 6.07) is 10.4. The van der Waals surface area contributed by atoms with Crippen molar-refractivity contribution < 1.29 is 4.74 Å². The summed E-state index contributed by atoms with van der Waals surface area (Å²) >= 11 is 1.65. The number of aromatic nitrogens is 2. The predicted octanol–water partition coefficient (Wildman–Crippen LogP) is 2.94. The topological polar surface area (TPSA) is 47.0 Å². The van der Waals surface area contributed by atoms with Crippen molar-refractivity contribution in [2.45, 2.75) is 25.5 Å². The summed E-state index contributed by atoms with van der Waals surface area (Å²) in [6.45, 7) is 3.04. The molecule has 20 heavy (non-hydrogen) atoms. The van der Waals surface area contributed by atoms with Gasteiger partial charge in [0.2, 0.25) is 0 Å². The number of ether oxygens (including phenoxy) is 1. The second-order valence-electron chi connectivity index (χ2n) is 5.17. The van der Waals surface area contributed by atoms with Crippen LogP contribution in [0.25, 0.3) is 0 Å². The molecular formula is C15H19N3OS. The molecule has 1 N–H and O–H groups in total. The lowest BCUT2D eigenvalue weighted by Crippen LogP contribution is -2.17. The largest absolute Gasteiger partial charge is 0.371 e. The molecule has 5 heteroatoms. The Morgan fingerprint density at radius 2 is 2.10 bits per heavy atom. The van der Waals surface area contributed by atoms with Gasteiger partial charge in [-0.2, -0.15) is 0 Å². The maximum Gasteiger partial charge on any atom is 0.146 e. The van der Waals surface area contributed by atoms with E-state index in [-0.39, 0.29) is 12.1 Å². The molecule has 3 atom stereocenters. The van der Waals surface area contributed by atoms with Gasteiger partial charge in [0.1, 0.15) is 16.1 Å². The van der Waals surface area contributed by atoms with Crippen LogP contribution in [0.3, 0.4) is 0 Å². The maximum atomic E-state index is 5.77. The molecule has 0 aliphatic carbocycles. The lowest BCUT2D eigenvalue weighted by Gasteiger charge is -2.13. The van der Waals surface area contributed by atoms with Crippen LogP contribution in [-0.2, 0) is 4.74 Å². The van der Waals surface area contributed by atoms with Gasteiger partial charge in [0.15, 0.2) is 0 Å². The molecule has 0 saturated carbocycles. The fourth-order valence-corrected chi connectivity index (χ4v) is 3.73. The molecule has 1 saturated heterocycles. The second-order valence-corrected chi connectivity index (χ2v) is 6.21. The molecule has 1 aromatic carbocycles. The number of hydrogen-bond acceptors (Lipinski definition) is 5. The van der Waals surface area contributed by atoms with Crippen LogP contribution in [-0.4, -0.2) is 23.9 Å². The Bertz CT molecular complexity index is 557. The fraction of sp³-hybridized carbons (Fsp3) is 0.467. The molecule has 0 amide bonds. The fourth-order valence-electron chi connectivity index (χ4n) is 2.57. The quantitative estimate of drug-likeness (QED) is 0.940. The maximum absolute atomic E-state index is 5.77. The minimum absolute atomic E-state index is 0.0964. The molecule has 1 aliphatic heterocycles. The molecule has 0 bridgehead atoms. The summed E-state index contributed by atoms with van der Waals surface area (Å²) in [5.41, 5.74) is 1.21. The van der Waals surface area contributed by atoms with E-state index in [0.717, 1.165) is 23.0 Å². The Kier molecular flexibility index (Phi) is 4.10. The number of rotatable bonds is 4. The third kappa shape index (κ3) is 2.61. The SMILES string of the molecule is CNC(c1ccccc1)c1nnc(C2OCCC2C)s1. The number of nitrogens with one attached hydrogen (secondary N) is 1. The highest BCUT2D eigenvalue weighted by Gasteiger charge is 2.30. The first-order valence-electron chi connectivity index (χ1n) is 6.96. The summed E-state index contributed by atoms with van der Waals surface area (Å²) in [4.78, 5) is 0. The zero-order chi connectivity index (χ0) is 13.9. The van der Waals surface area contributed by atoms with Crippen LogP contribution < -0.4 is 5.32 Å². The van der Waals surface area contributed by atoms with Crippen LogP contribution >= 0.6 is 11.3 Å². The van der Waals surface area contributed by atoms with E-state index < -0.39 is 0 Å². The van der Waals surface area contributed by atoms with Crippen LogP contribution in [0.1, 0.15) is 41.1 Å². The van der Waals surface area contributed by atoms with Crippen LogP contribution in [0.15, 0.2) is 30.3 Å². The van der Waals surface area contributed by atoms with E-state index in [1.807, 2.05) is 25.2 Å². The number of nitrogens with zero attached hydrogens (tertiary/aromatic N) is 2. The normalized spacial score (nSPS) is 23.9. The third-order valence-electron chi connectivity index (χ3n) is 3.76. The van der Waals surface area contributed by atoms with Crippen LogP contribution in [0.4, 0.5) is 0 Å². The molecule has 1 aliphatic rings. The molecule has 0 spiro atoms. The molecule has 106 valence electrons. The molecule has 3 rings (SSSR count). The molecular weight excluding hydrogens is 270 g/mol. The lowest BCUT2D eigenvalue weighted by atomic mass is 10.1. The van der Waals surface area contributed by atoms with E-state index in [9.17, 15) is 0 Å². The zero-order valence-corrected chi connectivity index (χ0v) is 12.6. The Morgan fingerprint density at radius 1 is 1.30 bits per heavy atom. The minimum atomic E-state index is 0.0964. The average Bonchev–Trinajstić information content (AvgIpc) is 3.10. The van der Waals surface area contributed by atoms with Gasteiger partial charge >= 0.3 is 0 Å². The van der Waals surface area contributed by atoms with Gasteiger partial charge in [-0.25, -0.2) is 0 Å². The second kappa shape index (κ2) is 5.99. The van der Waals surface area contributed by atoms with Crippen LogP contribution in [0.5, 0.6) is 0 Å². The highest BCUT2D eigenvalue weighted by molar-refractivity contribution is 7.11. The first-order valence-corrected chi connectivity index (χ1v) is 7.78. The van der Waals surface area contributed by atoms with Gasteiger partial charge in [-0.05, 0) is 24.9 Å². The first kappa shape index (κ1) is 13.7. The van der Waals surface area contributed by atoms with Gasteiger partial charge in [0.05, 0.1) is 6.04 Å². The van der Waals surface area contributed by atoms with Gasteiger partial charge < -0.3 is 10.1 Å². The molecule has 4 nitrogen and oxygen atoms in total. The van der Waals surface area contributed by atoms with Gasteiger partial charge in [0.25, 0.3) is 0 Å². The monoisotopic (exact) mass is 289 g/mol. The Morgan fingerprint density at radius 3 is 2.75 bits per heavy atom. The summed E-state index contributed by atoms with van der Waals surface area (Å²) in [5.74, 6) is 0.528. The van der Waals surface area contributed by atoms with E-state index in [1.54, 1.807) is 11.3 Å². The first-order chi connectivity index (χ1) is 9.79. The molecule has 2 aromatic rings. The van der Waals surface area contributed by atoms with Crippen molar-refractivity contribution in [2.75, 3.05) is 13.7 Å². The molecule has 0 radical (unpaired) electrons. The zero-order valence-electron chi connectivity index (χ0n) is 11.7. The van der Waals surface area contributed by atoms with E-state index in [1.165, 1.54) is 5.56 Å². The minimum Gasteiger partial charge on any atom is -0.371 e. The van der Waals surface area contributed by atoms with Crippen molar-refractivity contribution in [3.8, 4) is 0 Å². The summed E-state index contributed by atoms with van der Waals surface area (Å²) < 4.78 is 5.77. The molecule has 1 fully saturated rings. The lowest BCUT2D eigenvalue weighted by molar-refractivity contribution is 0.0937. The number of benzene rings is 1. The molecule has 2 heterocycles. The Hall–Kier alpha value is -1.30. The molecule has 3 unspecified atom stereocenters. The van der Waals surface area contributed by atoms with Gasteiger partial charge in [0, 0.05) is 6.61 Å².